The average molecular weight is 212 g/mol. The molecule has 0 unspecified atom stereocenters. The molecule has 0 aliphatic carbocycles. The number of hydrogen-bond donors (Lipinski definition) is 2. The van der Waals surface area contributed by atoms with Gasteiger partial charge in [-0.25, -0.2) is 0 Å². The predicted octanol–water partition coefficient (Wildman–Crippen LogP) is 0.513. The number of nitrogens with one attached hydrogen (secondary N) is 2. The van der Waals surface area contributed by atoms with Gasteiger partial charge >= 0.3 is 0 Å². The van der Waals surface area contributed by atoms with Crippen LogP contribution < -0.4 is 10.6 Å². The fourth-order valence-corrected chi connectivity index (χ4v) is 2.10. The van der Waals surface area contributed by atoms with Crippen molar-refractivity contribution in [3.8, 4) is 0 Å². The zero-order valence-electron chi connectivity index (χ0n) is 10.2. The third-order valence-corrected chi connectivity index (χ3v) is 2.92. The Balaban J connectivity index is 2.14. The second-order valence-corrected chi connectivity index (χ2v) is 4.30. The normalized spacial score (nSPS) is 23.9. The topological polar surface area (TPSA) is 39.7 Å². The van der Waals surface area contributed by atoms with Crippen molar-refractivity contribution in [1.29, 1.82) is 0 Å². The Kier molecular flexibility index (Phi) is 5.47. The highest BCUT2D eigenvalue weighted by molar-refractivity contribution is 5.79. The molecule has 0 aromatic heterocycles. The van der Waals surface area contributed by atoms with E-state index < -0.39 is 0 Å². The van der Waals surface area contributed by atoms with E-state index in [1.165, 1.54) is 25.9 Å². The fourth-order valence-electron chi connectivity index (χ4n) is 2.10. The van der Waals surface area contributed by atoms with E-state index >= 15 is 0 Å². The van der Waals surface area contributed by atoms with Crippen LogP contribution in [0.4, 0.5) is 0 Å². The summed E-state index contributed by atoms with van der Waals surface area (Å²) in [7, 11) is 3.68. The van der Waals surface area contributed by atoms with Crippen LogP contribution in [-0.4, -0.2) is 51.1 Å². The molecule has 88 valence electrons. The van der Waals surface area contributed by atoms with Crippen molar-refractivity contribution in [3.05, 3.63) is 0 Å². The van der Waals surface area contributed by atoms with E-state index in [-0.39, 0.29) is 0 Å². The fraction of sp³-hybridized carbons (Fsp3) is 0.909. The van der Waals surface area contributed by atoms with Gasteiger partial charge in [-0.2, -0.15) is 0 Å². The van der Waals surface area contributed by atoms with Gasteiger partial charge in [0.15, 0.2) is 5.96 Å². The van der Waals surface area contributed by atoms with Crippen molar-refractivity contribution in [2.45, 2.75) is 19.8 Å². The van der Waals surface area contributed by atoms with Crippen LogP contribution in [0.3, 0.4) is 0 Å². The minimum Gasteiger partial charge on any atom is -0.359 e. The van der Waals surface area contributed by atoms with E-state index in [4.69, 9.17) is 0 Å². The van der Waals surface area contributed by atoms with E-state index in [0.29, 0.717) is 0 Å². The van der Waals surface area contributed by atoms with Gasteiger partial charge < -0.3 is 15.5 Å². The van der Waals surface area contributed by atoms with Gasteiger partial charge in [0, 0.05) is 33.7 Å². The molecule has 1 fully saturated rings. The molecule has 0 aromatic rings. The summed E-state index contributed by atoms with van der Waals surface area (Å²) in [5.74, 6) is 1.74. The number of aliphatic imine (C=N–C) groups is 1. The molecular formula is C11H24N4. The van der Waals surface area contributed by atoms with Gasteiger partial charge in [-0.1, -0.05) is 6.92 Å². The van der Waals surface area contributed by atoms with Crippen LogP contribution in [0.25, 0.3) is 0 Å². The van der Waals surface area contributed by atoms with E-state index in [0.717, 1.165) is 25.0 Å². The zero-order chi connectivity index (χ0) is 11.1. The SMILES string of the molecule is CN=C(NC)NCCN1CCC[C@H](C)C1. The number of nitrogens with zero attached hydrogens (tertiary/aromatic N) is 2. The summed E-state index contributed by atoms with van der Waals surface area (Å²) in [4.78, 5) is 6.61. The van der Waals surface area contributed by atoms with Crippen molar-refractivity contribution in [1.82, 2.24) is 15.5 Å². The molecule has 0 amide bonds. The van der Waals surface area contributed by atoms with E-state index in [1.807, 2.05) is 7.05 Å². The highest BCUT2D eigenvalue weighted by Gasteiger charge is 2.15. The molecule has 0 saturated carbocycles. The molecule has 4 nitrogen and oxygen atoms in total. The Hall–Kier alpha value is -0.770. The smallest absolute Gasteiger partial charge is 0.190 e. The molecule has 1 saturated heterocycles. The molecule has 1 aliphatic heterocycles. The molecule has 0 radical (unpaired) electrons. The second kappa shape index (κ2) is 6.67. The summed E-state index contributed by atoms with van der Waals surface area (Å²) in [5, 5.41) is 6.30. The Morgan fingerprint density at radius 3 is 2.93 bits per heavy atom. The first kappa shape index (κ1) is 12.3. The van der Waals surface area contributed by atoms with Gasteiger partial charge in [0.05, 0.1) is 0 Å². The summed E-state index contributed by atoms with van der Waals surface area (Å²) in [6.45, 7) is 6.93. The second-order valence-electron chi connectivity index (χ2n) is 4.30. The van der Waals surface area contributed by atoms with E-state index in [9.17, 15) is 0 Å². The molecule has 0 spiro atoms. The Morgan fingerprint density at radius 1 is 1.53 bits per heavy atom. The molecule has 0 bridgehead atoms. The number of guanidine groups is 1. The van der Waals surface area contributed by atoms with Crippen molar-refractivity contribution in [3.63, 3.8) is 0 Å². The van der Waals surface area contributed by atoms with E-state index in [1.54, 1.807) is 7.05 Å². The summed E-state index contributed by atoms with van der Waals surface area (Å²) < 4.78 is 0. The van der Waals surface area contributed by atoms with Crippen LogP contribution in [0.5, 0.6) is 0 Å². The summed E-state index contributed by atoms with van der Waals surface area (Å²) in [5.41, 5.74) is 0. The van der Waals surface area contributed by atoms with Gasteiger partial charge in [0.25, 0.3) is 0 Å². The zero-order valence-corrected chi connectivity index (χ0v) is 10.2. The summed E-state index contributed by atoms with van der Waals surface area (Å²) in [6.07, 6.45) is 2.74. The number of likely N-dealkylation sites (tertiary alicyclic amines) is 1. The first-order valence-corrected chi connectivity index (χ1v) is 5.87. The largest absolute Gasteiger partial charge is 0.359 e. The monoisotopic (exact) mass is 212 g/mol. The average Bonchev–Trinajstić information content (AvgIpc) is 2.25. The lowest BCUT2D eigenvalue weighted by Crippen LogP contribution is -2.42. The van der Waals surface area contributed by atoms with Crippen LogP contribution >= 0.6 is 0 Å². The van der Waals surface area contributed by atoms with Crippen molar-refractivity contribution in [2.75, 3.05) is 40.3 Å². The van der Waals surface area contributed by atoms with Gasteiger partial charge in [-0.3, -0.25) is 4.99 Å². The summed E-state index contributed by atoms with van der Waals surface area (Å²) >= 11 is 0. The van der Waals surface area contributed by atoms with Crippen molar-refractivity contribution >= 4 is 5.96 Å². The standard InChI is InChI=1S/C11H24N4/c1-10-5-4-7-15(9-10)8-6-14-11(12-2)13-3/h10H,4-9H2,1-3H3,(H2,12,13,14)/t10-/m0/s1. The maximum absolute atomic E-state index is 4.08. The molecule has 1 heterocycles. The molecule has 2 N–H and O–H groups in total. The van der Waals surface area contributed by atoms with Crippen molar-refractivity contribution < 1.29 is 0 Å². The van der Waals surface area contributed by atoms with Crippen LogP contribution in [-0.2, 0) is 0 Å². The summed E-state index contributed by atoms with van der Waals surface area (Å²) in [6, 6.07) is 0. The molecule has 1 rings (SSSR count). The molecular weight excluding hydrogens is 188 g/mol. The molecule has 15 heavy (non-hydrogen) atoms. The number of rotatable bonds is 3. The van der Waals surface area contributed by atoms with Gasteiger partial charge in [0.1, 0.15) is 0 Å². The number of hydrogen-bond acceptors (Lipinski definition) is 2. The van der Waals surface area contributed by atoms with Crippen molar-refractivity contribution in [2.24, 2.45) is 10.9 Å². The number of piperidine rings is 1. The van der Waals surface area contributed by atoms with Crippen LogP contribution in [0, 0.1) is 5.92 Å². The van der Waals surface area contributed by atoms with Crippen LogP contribution in [0.15, 0.2) is 4.99 Å². The predicted molar refractivity (Wildman–Crippen MR) is 65.3 cm³/mol. The Morgan fingerprint density at radius 2 is 2.33 bits per heavy atom. The molecule has 0 aromatic carbocycles. The lowest BCUT2D eigenvalue weighted by molar-refractivity contribution is 0.187. The highest BCUT2D eigenvalue weighted by Crippen LogP contribution is 2.14. The van der Waals surface area contributed by atoms with Crippen LogP contribution in [0.2, 0.25) is 0 Å². The third-order valence-electron chi connectivity index (χ3n) is 2.92. The minimum absolute atomic E-state index is 0.863. The lowest BCUT2D eigenvalue weighted by Gasteiger charge is -2.30. The third kappa shape index (κ3) is 4.51. The maximum atomic E-state index is 4.08. The van der Waals surface area contributed by atoms with Gasteiger partial charge in [0.2, 0.25) is 0 Å². The molecule has 4 heteroatoms. The quantitative estimate of drug-likeness (QED) is 0.529. The molecule has 1 atom stereocenters. The lowest BCUT2D eigenvalue weighted by atomic mass is 10.0. The Labute approximate surface area is 93.1 Å². The van der Waals surface area contributed by atoms with E-state index in [2.05, 4.69) is 27.4 Å². The van der Waals surface area contributed by atoms with Gasteiger partial charge in [-0.15, -0.1) is 0 Å². The highest BCUT2D eigenvalue weighted by atomic mass is 15.2. The van der Waals surface area contributed by atoms with Gasteiger partial charge in [-0.05, 0) is 25.3 Å². The Bertz CT molecular complexity index is 203. The van der Waals surface area contributed by atoms with Crippen LogP contribution in [0.1, 0.15) is 19.8 Å². The maximum Gasteiger partial charge on any atom is 0.190 e. The first-order chi connectivity index (χ1) is 7.26. The first-order valence-electron chi connectivity index (χ1n) is 5.87. The molecule has 1 aliphatic rings. The minimum atomic E-state index is 0.863.